The second-order valence-electron chi connectivity index (χ2n) is 7.61. The molecule has 0 amide bonds. The van der Waals surface area contributed by atoms with Gasteiger partial charge in [0.15, 0.2) is 0 Å². The molecule has 0 heteroatoms. The van der Waals surface area contributed by atoms with E-state index in [1.54, 1.807) is 19.3 Å². The smallest absolute Gasteiger partial charge is 0.0286 e. The SMILES string of the molecule is CC1(C)C2CC(C3CC4=CCC3C4)CC1C2. The normalized spacial score (nSPS) is 52.4. The summed E-state index contributed by atoms with van der Waals surface area (Å²) >= 11 is 0. The lowest BCUT2D eigenvalue weighted by molar-refractivity contribution is -0.104. The summed E-state index contributed by atoms with van der Waals surface area (Å²) in [6, 6.07) is 0. The van der Waals surface area contributed by atoms with E-state index in [4.69, 9.17) is 0 Å². The quantitative estimate of drug-likeness (QED) is 0.569. The highest BCUT2D eigenvalue weighted by atomic mass is 14.6. The number of hydrogen-bond acceptors (Lipinski definition) is 0. The minimum atomic E-state index is 0.702. The van der Waals surface area contributed by atoms with E-state index in [2.05, 4.69) is 19.9 Å². The third-order valence-electron chi connectivity index (χ3n) is 6.79. The van der Waals surface area contributed by atoms with E-state index in [9.17, 15) is 0 Å². The van der Waals surface area contributed by atoms with Gasteiger partial charge in [-0.3, -0.25) is 0 Å². The monoisotopic (exact) mass is 216 g/mol. The third-order valence-corrected chi connectivity index (χ3v) is 6.79. The van der Waals surface area contributed by atoms with Gasteiger partial charge in [0.2, 0.25) is 0 Å². The van der Waals surface area contributed by atoms with E-state index in [0.717, 1.165) is 29.6 Å². The Morgan fingerprint density at radius 2 is 1.75 bits per heavy atom. The summed E-state index contributed by atoms with van der Waals surface area (Å²) in [7, 11) is 0. The van der Waals surface area contributed by atoms with Gasteiger partial charge in [-0.15, -0.1) is 0 Å². The van der Waals surface area contributed by atoms with Crippen LogP contribution in [0.25, 0.3) is 0 Å². The lowest BCUT2D eigenvalue weighted by atomic mass is 9.45. The van der Waals surface area contributed by atoms with Gasteiger partial charge in [0.05, 0.1) is 0 Å². The number of hydrogen-bond donors (Lipinski definition) is 0. The van der Waals surface area contributed by atoms with Gasteiger partial charge in [-0.05, 0) is 73.5 Å². The molecule has 0 saturated heterocycles. The first kappa shape index (κ1) is 9.74. The summed E-state index contributed by atoms with van der Waals surface area (Å²) in [5.74, 6) is 5.42. The Morgan fingerprint density at radius 1 is 1.00 bits per heavy atom. The van der Waals surface area contributed by atoms with Crippen LogP contribution in [0.4, 0.5) is 0 Å². The molecule has 16 heavy (non-hydrogen) atoms. The fraction of sp³-hybridized carbons (Fsp3) is 0.875. The average molecular weight is 216 g/mol. The Bertz CT molecular complexity index is 335. The van der Waals surface area contributed by atoms with E-state index in [1.165, 1.54) is 19.3 Å². The van der Waals surface area contributed by atoms with Crippen molar-refractivity contribution in [2.75, 3.05) is 0 Å². The van der Waals surface area contributed by atoms with Crippen LogP contribution in [0, 0.1) is 35.0 Å². The van der Waals surface area contributed by atoms with Gasteiger partial charge in [-0.2, -0.15) is 0 Å². The predicted molar refractivity (Wildman–Crippen MR) is 67.0 cm³/mol. The Morgan fingerprint density at radius 3 is 2.25 bits per heavy atom. The first-order valence-electron chi connectivity index (χ1n) is 7.32. The minimum absolute atomic E-state index is 0.702. The molecular formula is C16H24. The summed E-state index contributed by atoms with van der Waals surface area (Å²) < 4.78 is 0. The molecule has 5 aliphatic rings. The molecule has 0 aromatic rings. The van der Waals surface area contributed by atoms with Crippen molar-refractivity contribution in [1.82, 2.24) is 0 Å². The standard InChI is InChI=1S/C16H24/c1-16(2)13-7-12(8-14(16)9-13)15-6-10-3-4-11(15)5-10/h3,11-15H,4-9H2,1-2H3. The van der Waals surface area contributed by atoms with Gasteiger partial charge in [-0.1, -0.05) is 25.5 Å². The molecule has 0 aromatic carbocycles. The molecule has 0 nitrogen and oxygen atoms in total. The summed E-state index contributed by atoms with van der Waals surface area (Å²) in [6.45, 7) is 5.04. The fourth-order valence-electron chi connectivity index (χ4n) is 5.44. The molecule has 0 N–H and O–H groups in total. The fourth-order valence-corrected chi connectivity index (χ4v) is 5.44. The summed E-state index contributed by atoms with van der Waals surface area (Å²) in [5.41, 5.74) is 2.52. The van der Waals surface area contributed by atoms with Crippen LogP contribution >= 0.6 is 0 Å². The van der Waals surface area contributed by atoms with Crippen molar-refractivity contribution in [2.45, 2.75) is 52.4 Å². The van der Waals surface area contributed by atoms with Gasteiger partial charge in [0, 0.05) is 0 Å². The second-order valence-corrected chi connectivity index (χ2v) is 7.61. The van der Waals surface area contributed by atoms with Crippen LogP contribution < -0.4 is 0 Å². The van der Waals surface area contributed by atoms with Crippen LogP contribution in [0.5, 0.6) is 0 Å². The van der Waals surface area contributed by atoms with Gasteiger partial charge in [-0.25, -0.2) is 0 Å². The van der Waals surface area contributed by atoms with Crippen molar-refractivity contribution in [2.24, 2.45) is 35.0 Å². The van der Waals surface area contributed by atoms with Crippen molar-refractivity contribution in [3.8, 4) is 0 Å². The Kier molecular flexibility index (Phi) is 1.79. The molecule has 4 fully saturated rings. The number of allylic oxidation sites excluding steroid dienone is 2. The molecule has 0 heterocycles. The first-order valence-corrected chi connectivity index (χ1v) is 7.32. The van der Waals surface area contributed by atoms with Crippen molar-refractivity contribution < 1.29 is 0 Å². The summed E-state index contributed by atoms with van der Waals surface area (Å²) in [6.07, 6.45) is 11.6. The first-order chi connectivity index (χ1) is 7.64. The second kappa shape index (κ2) is 2.94. The molecule has 88 valence electrons. The minimum Gasteiger partial charge on any atom is -0.0850 e. The summed E-state index contributed by atoms with van der Waals surface area (Å²) in [5, 5.41) is 0. The van der Waals surface area contributed by atoms with Crippen molar-refractivity contribution in [1.29, 1.82) is 0 Å². The zero-order chi connectivity index (χ0) is 10.9. The highest BCUT2D eigenvalue weighted by molar-refractivity contribution is 5.20. The van der Waals surface area contributed by atoms with E-state index in [1.807, 2.05) is 5.57 Å². The van der Waals surface area contributed by atoms with Crippen LogP contribution in [0.2, 0.25) is 0 Å². The van der Waals surface area contributed by atoms with Crippen LogP contribution in [0.1, 0.15) is 52.4 Å². The molecule has 0 aromatic heterocycles. The molecule has 5 rings (SSSR count). The van der Waals surface area contributed by atoms with E-state index in [-0.39, 0.29) is 0 Å². The number of fused-ring (bicyclic) bond motifs is 4. The molecule has 5 aliphatic carbocycles. The van der Waals surface area contributed by atoms with E-state index >= 15 is 0 Å². The maximum absolute atomic E-state index is 2.54. The highest BCUT2D eigenvalue weighted by Gasteiger charge is 2.55. The Hall–Kier alpha value is -0.260. The molecule has 4 unspecified atom stereocenters. The van der Waals surface area contributed by atoms with Gasteiger partial charge >= 0.3 is 0 Å². The molecule has 0 radical (unpaired) electrons. The van der Waals surface area contributed by atoms with Gasteiger partial charge in [0.1, 0.15) is 0 Å². The van der Waals surface area contributed by atoms with Gasteiger partial charge < -0.3 is 0 Å². The Labute approximate surface area is 99.5 Å². The van der Waals surface area contributed by atoms with Crippen molar-refractivity contribution in [3.63, 3.8) is 0 Å². The zero-order valence-corrected chi connectivity index (χ0v) is 10.7. The maximum Gasteiger partial charge on any atom is -0.0286 e. The molecular weight excluding hydrogens is 192 g/mol. The van der Waals surface area contributed by atoms with Crippen LogP contribution in [0.3, 0.4) is 0 Å². The van der Waals surface area contributed by atoms with E-state index < -0.39 is 0 Å². The highest BCUT2D eigenvalue weighted by Crippen LogP contribution is 2.64. The molecule has 4 bridgehead atoms. The zero-order valence-electron chi connectivity index (χ0n) is 10.7. The molecule has 4 saturated carbocycles. The van der Waals surface area contributed by atoms with Crippen LogP contribution in [-0.2, 0) is 0 Å². The van der Waals surface area contributed by atoms with Crippen LogP contribution in [-0.4, -0.2) is 0 Å². The Balaban J connectivity index is 1.50. The van der Waals surface area contributed by atoms with Crippen molar-refractivity contribution in [3.05, 3.63) is 11.6 Å². The van der Waals surface area contributed by atoms with E-state index in [0.29, 0.717) is 5.41 Å². The topological polar surface area (TPSA) is 0 Å². The molecule has 0 aliphatic heterocycles. The number of rotatable bonds is 1. The average Bonchev–Trinajstić information content (AvgIpc) is 2.90. The maximum atomic E-state index is 2.54. The molecule has 0 spiro atoms. The third kappa shape index (κ3) is 1.11. The predicted octanol–water partition coefficient (Wildman–Crippen LogP) is 4.42. The van der Waals surface area contributed by atoms with Crippen molar-refractivity contribution >= 4 is 0 Å². The summed E-state index contributed by atoms with van der Waals surface area (Å²) in [4.78, 5) is 0. The lowest BCUT2D eigenvalue weighted by Crippen LogP contribution is -2.51. The molecule has 4 atom stereocenters. The van der Waals surface area contributed by atoms with Crippen LogP contribution in [0.15, 0.2) is 11.6 Å². The lowest BCUT2D eigenvalue weighted by Gasteiger charge is -2.60. The largest absolute Gasteiger partial charge is 0.0850 e. The van der Waals surface area contributed by atoms with Gasteiger partial charge in [0.25, 0.3) is 0 Å².